The standard InChI is InChI=1S/C11H16ClN3O/c1-7(2)16-11-9(13)4-5-10(15-11)14-6-8(3)12/h4-5,7H,3,6,13H2,1-2H3,(H,14,15). The molecule has 4 nitrogen and oxygen atoms in total. The number of nitrogens with zero attached hydrogens (tertiary/aromatic N) is 1. The van der Waals surface area contributed by atoms with E-state index < -0.39 is 0 Å². The van der Waals surface area contributed by atoms with Crippen LogP contribution < -0.4 is 15.8 Å². The van der Waals surface area contributed by atoms with E-state index in [0.29, 0.717) is 29.0 Å². The Bertz CT molecular complexity index is 379. The maximum atomic E-state index is 5.73. The van der Waals surface area contributed by atoms with Crippen molar-refractivity contribution in [2.75, 3.05) is 17.6 Å². The molecule has 1 aromatic heterocycles. The van der Waals surface area contributed by atoms with Crippen LogP contribution in [0.5, 0.6) is 5.88 Å². The topological polar surface area (TPSA) is 60.2 Å². The highest BCUT2D eigenvalue weighted by atomic mass is 35.5. The predicted octanol–water partition coefficient (Wildman–Crippen LogP) is 2.62. The van der Waals surface area contributed by atoms with E-state index >= 15 is 0 Å². The Kier molecular flexibility index (Phi) is 4.43. The van der Waals surface area contributed by atoms with E-state index in [4.69, 9.17) is 22.1 Å². The van der Waals surface area contributed by atoms with Crippen LogP contribution in [-0.2, 0) is 0 Å². The van der Waals surface area contributed by atoms with E-state index in [0.717, 1.165) is 0 Å². The number of pyridine rings is 1. The van der Waals surface area contributed by atoms with Crippen LogP contribution in [0.1, 0.15) is 13.8 Å². The third-order valence-corrected chi connectivity index (χ3v) is 1.83. The number of anilines is 2. The minimum Gasteiger partial charge on any atom is -0.473 e. The highest BCUT2D eigenvalue weighted by Gasteiger charge is 2.06. The second-order valence-corrected chi connectivity index (χ2v) is 4.16. The molecule has 0 saturated heterocycles. The summed E-state index contributed by atoms with van der Waals surface area (Å²) in [5.74, 6) is 1.09. The number of nitrogen functional groups attached to an aromatic ring is 1. The third-order valence-electron chi connectivity index (χ3n) is 1.70. The fourth-order valence-electron chi connectivity index (χ4n) is 1.05. The number of rotatable bonds is 5. The minimum absolute atomic E-state index is 0.0352. The summed E-state index contributed by atoms with van der Waals surface area (Å²) in [6.45, 7) is 7.87. The number of halogens is 1. The lowest BCUT2D eigenvalue weighted by molar-refractivity contribution is 0.234. The van der Waals surface area contributed by atoms with E-state index in [-0.39, 0.29) is 6.10 Å². The van der Waals surface area contributed by atoms with E-state index in [1.807, 2.05) is 13.8 Å². The van der Waals surface area contributed by atoms with Gasteiger partial charge in [0, 0.05) is 5.03 Å². The van der Waals surface area contributed by atoms with Gasteiger partial charge in [0.2, 0.25) is 5.88 Å². The summed E-state index contributed by atoms with van der Waals surface area (Å²) in [7, 11) is 0. The highest BCUT2D eigenvalue weighted by molar-refractivity contribution is 6.29. The first-order chi connectivity index (χ1) is 7.49. The van der Waals surface area contributed by atoms with Crippen LogP contribution in [0.2, 0.25) is 0 Å². The van der Waals surface area contributed by atoms with Gasteiger partial charge < -0.3 is 15.8 Å². The maximum absolute atomic E-state index is 5.73. The Morgan fingerprint density at radius 2 is 2.31 bits per heavy atom. The summed E-state index contributed by atoms with van der Waals surface area (Å²) in [5, 5.41) is 3.53. The number of hydrogen-bond donors (Lipinski definition) is 2. The lowest BCUT2D eigenvalue weighted by atomic mass is 10.4. The van der Waals surface area contributed by atoms with Gasteiger partial charge in [0.1, 0.15) is 5.82 Å². The van der Waals surface area contributed by atoms with Crippen LogP contribution in [-0.4, -0.2) is 17.6 Å². The lowest BCUT2D eigenvalue weighted by Crippen LogP contribution is -2.10. The van der Waals surface area contributed by atoms with Crippen LogP contribution in [0.3, 0.4) is 0 Å². The normalized spacial score (nSPS) is 10.2. The molecule has 3 N–H and O–H groups in total. The molecular weight excluding hydrogens is 226 g/mol. The van der Waals surface area contributed by atoms with Gasteiger partial charge in [-0.3, -0.25) is 0 Å². The SMILES string of the molecule is C=C(Cl)CNc1ccc(N)c(OC(C)C)n1. The fourth-order valence-corrected chi connectivity index (χ4v) is 1.12. The van der Waals surface area contributed by atoms with Crippen molar-refractivity contribution in [3.8, 4) is 5.88 Å². The van der Waals surface area contributed by atoms with Crippen molar-refractivity contribution in [2.24, 2.45) is 0 Å². The van der Waals surface area contributed by atoms with Gasteiger partial charge in [0.05, 0.1) is 18.3 Å². The van der Waals surface area contributed by atoms with Gasteiger partial charge in [-0.1, -0.05) is 18.2 Å². The van der Waals surface area contributed by atoms with Crippen LogP contribution in [0.15, 0.2) is 23.7 Å². The van der Waals surface area contributed by atoms with Gasteiger partial charge >= 0.3 is 0 Å². The Balaban J connectivity index is 2.76. The van der Waals surface area contributed by atoms with Crippen LogP contribution in [0.25, 0.3) is 0 Å². The molecule has 0 spiro atoms. The van der Waals surface area contributed by atoms with Crippen molar-refractivity contribution in [1.29, 1.82) is 0 Å². The second kappa shape index (κ2) is 5.61. The lowest BCUT2D eigenvalue weighted by Gasteiger charge is -2.12. The summed E-state index contributed by atoms with van der Waals surface area (Å²) < 4.78 is 5.46. The van der Waals surface area contributed by atoms with Crippen molar-refractivity contribution >= 4 is 23.1 Å². The Morgan fingerprint density at radius 3 is 2.88 bits per heavy atom. The average Bonchev–Trinajstić information content (AvgIpc) is 2.18. The molecule has 0 aromatic carbocycles. The van der Waals surface area contributed by atoms with Crippen molar-refractivity contribution in [2.45, 2.75) is 20.0 Å². The molecule has 1 aromatic rings. The summed E-state index contributed by atoms with van der Waals surface area (Å²) in [6.07, 6.45) is 0.0352. The largest absolute Gasteiger partial charge is 0.473 e. The molecule has 0 amide bonds. The second-order valence-electron chi connectivity index (χ2n) is 3.63. The molecule has 0 radical (unpaired) electrons. The fraction of sp³-hybridized carbons (Fsp3) is 0.364. The molecule has 0 atom stereocenters. The number of nitrogens with two attached hydrogens (primary N) is 1. The first-order valence-corrected chi connectivity index (χ1v) is 5.37. The van der Waals surface area contributed by atoms with Crippen LogP contribution in [0.4, 0.5) is 11.5 Å². The van der Waals surface area contributed by atoms with E-state index in [1.54, 1.807) is 12.1 Å². The van der Waals surface area contributed by atoms with Gasteiger partial charge in [-0.05, 0) is 26.0 Å². The first kappa shape index (κ1) is 12.6. The number of aromatic nitrogens is 1. The molecule has 88 valence electrons. The number of ether oxygens (including phenoxy) is 1. The van der Waals surface area contributed by atoms with Crippen LogP contribution >= 0.6 is 11.6 Å². The Hall–Kier alpha value is -1.42. The number of nitrogens with one attached hydrogen (secondary N) is 1. The van der Waals surface area contributed by atoms with Crippen molar-refractivity contribution in [1.82, 2.24) is 4.98 Å². The van der Waals surface area contributed by atoms with E-state index in [1.165, 1.54) is 0 Å². The molecule has 0 aliphatic heterocycles. The molecule has 0 bridgehead atoms. The summed E-state index contributed by atoms with van der Waals surface area (Å²) in [4.78, 5) is 4.23. The van der Waals surface area contributed by atoms with Crippen molar-refractivity contribution in [3.05, 3.63) is 23.7 Å². The third kappa shape index (κ3) is 3.98. The van der Waals surface area contributed by atoms with E-state index in [2.05, 4.69) is 16.9 Å². The summed E-state index contributed by atoms with van der Waals surface area (Å²) >= 11 is 5.64. The zero-order valence-corrected chi connectivity index (χ0v) is 10.2. The molecule has 16 heavy (non-hydrogen) atoms. The zero-order chi connectivity index (χ0) is 12.1. The zero-order valence-electron chi connectivity index (χ0n) is 9.46. The molecule has 5 heteroatoms. The molecule has 0 aliphatic carbocycles. The Labute approximate surface area is 100 Å². The molecule has 1 heterocycles. The molecule has 0 saturated carbocycles. The monoisotopic (exact) mass is 241 g/mol. The van der Waals surface area contributed by atoms with Crippen molar-refractivity contribution in [3.63, 3.8) is 0 Å². The van der Waals surface area contributed by atoms with Gasteiger partial charge in [0.15, 0.2) is 0 Å². The smallest absolute Gasteiger partial charge is 0.239 e. The summed E-state index contributed by atoms with van der Waals surface area (Å²) in [6, 6.07) is 3.51. The van der Waals surface area contributed by atoms with E-state index in [9.17, 15) is 0 Å². The van der Waals surface area contributed by atoms with Gasteiger partial charge in [-0.2, -0.15) is 4.98 Å². The first-order valence-electron chi connectivity index (χ1n) is 4.99. The highest BCUT2D eigenvalue weighted by Crippen LogP contribution is 2.22. The van der Waals surface area contributed by atoms with Gasteiger partial charge in [-0.25, -0.2) is 0 Å². The molecule has 0 aliphatic rings. The molecule has 0 fully saturated rings. The summed E-state index contributed by atoms with van der Waals surface area (Å²) in [5.41, 5.74) is 6.25. The predicted molar refractivity (Wildman–Crippen MR) is 67.9 cm³/mol. The van der Waals surface area contributed by atoms with Crippen LogP contribution in [0, 0.1) is 0 Å². The Morgan fingerprint density at radius 1 is 1.62 bits per heavy atom. The van der Waals surface area contributed by atoms with Crippen molar-refractivity contribution < 1.29 is 4.74 Å². The average molecular weight is 242 g/mol. The quantitative estimate of drug-likeness (QED) is 0.832. The van der Waals surface area contributed by atoms with Gasteiger partial charge in [0.25, 0.3) is 0 Å². The molecular formula is C11H16ClN3O. The van der Waals surface area contributed by atoms with Gasteiger partial charge in [-0.15, -0.1) is 0 Å². The maximum Gasteiger partial charge on any atom is 0.239 e. The minimum atomic E-state index is 0.0352. The molecule has 1 rings (SSSR count). The molecule has 0 unspecified atom stereocenters. The number of hydrogen-bond acceptors (Lipinski definition) is 4.